The molecule has 1 nitrogen and oxygen atoms in total. The van der Waals surface area contributed by atoms with Crippen molar-refractivity contribution in [2.24, 2.45) is 0 Å². The van der Waals surface area contributed by atoms with Gasteiger partial charge in [-0.15, -0.1) is 0 Å². The van der Waals surface area contributed by atoms with Crippen LogP contribution in [0, 0.1) is 0 Å². The predicted octanol–water partition coefficient (Wildman–Crippen LogP) is 2.24. The molecular weight excluding hydrogens is 122 g/mol. The number of allylic oxidation sites excluding steroid dienone is 3. The van der Waals surface area contributed by atoms with E-state index in [1.807, 2.05) is 13.0 Å². The number of rotatable bonds is 4. The van der Waals surface area contributed by atoms with Crippen LogP contribution in [0.3, 0.4) is 0 Å². The Morgan fingerprint density at radius 2 is 2.10 bits per heavy atom. The van der Waals surface area contributed by atoms with Gasteiger partial charge in [-0.2, -0.15) is 0 Å². The molecule has 0 aliphatic carbocycles. The summed E-state index contributed by atoms with van der Waals surface area (Å²) in [4.78, 5) is 0. The molecule has 0 rings (SSSR count). The molecule has 0 unspecified atom stereocenters. The van der Waals surface area contributed by atoms with Gasteiger partial charge in [0.05, 0.1) is 0 Å². The highest BCUT2D eigenvalue weighted by Crippen LogP contribution is 1.90. The summed E-state index contributed by atoms with van der Waals surface area (Å²) < 4.78 is 0. The highest BCUT2D eigenvalue weighted by molar-refractivity contribution is 5.10. The van der Waals surface area contributed by atoms with E-state index in [1.54, 1.807) is 6.08 Å². The third-order valence-corrected chi connectivity index (χ3v) is 1.07. The molecule has 0 aliphatic rings. The van der Waals surface area contributed by atoms with Crippen molar-refractivity contribution < 1.29 is 0 Å². The maximum Gasteiger partial charge on any atom is 0.0357 e. The lowest BCUT2D eigenvalue weighted by Gasteiger charge is -2.03. The standard InChI is InChI=1S/C9H15N/c1-5-6-9(4)7-10-8(2)3/h5-6,10H,1-2,7H2,3-4H3/b9-6+. The molecule has 0 saturated heterocycles. The third kappa shape index (κ3) is 5.16. The Bertz CT molecular complexity index is 154. The summed E-state index contributed by atoms with van der Waals surface area (Å²) >= 11 is 0. The average Bonchev–Trinajstić information content (AvgIpc) is 1.85. The molecule has 1 heteroatoms. The van der Waals surface area contributed by atoms with Gasteiger partial charge in [-0.1, -0.05) is 30.9 Å². The largest absolute Gasteiger partial charge is 0.385 e. The van der Waals surface area contributed by atoms with Gasteiger partial charge in [0.15, 0.2) is 0 Å². The molecule has 1 N–H and O–H groups in total. The fourth-order valence-electron chi connectivity index (χ4n) is 0.550. The van der Waals surface area contributed by atoms with Gasteiger partial charge in [-0.05, 0) is 13.8 Å². The second-order valence-electron chi connectivity index (χ2n) is 2.38. The van der Waals surface area contributed by atoms with E-state index >= 15 is 0 Å². The van der Waals surface area contributed by atoms with E-state index in [0.29, 0.717) is 0 Å². The topological polar surface area (TPSA) is 12.0 Å². The van der Waals surface area contributed by atoms with E-state index in [2.05, 4.69) is 25.4 Å². The van der Waals surface area contributed by atoms with Crippen molar-refractivity contribution in [3.63, 3.8) is 0 Å². The van der Waals surface area contributed by atoms with E-state index in [9.17, 15) is 0 Å². The molecule has 0 bridgehead atoms. The van der Waals surface area contributed by atoms with Gasteiger partial charge in [-0.3, -0.25) is 0 Å². The first-order valence-corrected chi connectivity index (χ1v) is 3.34. The Balaban J connectivity index is 3.58. The van der Waals surface area contributed by atoms with E-state index in [4.69, 9.17) is 0 Å². The minimum absolute atomic E-state index is 0.862. The molecule has 0 spiro atoms. The fraction of sp³-hybridized carbons (Fsp3) is 0.333. The van der Waals surface area contributed by atoms with Crippen LogP contribution in [-0.2, 0) is 0 Å². The monoisotopic (exact) mass is 137 g/mol. The first-order valence-electron chi connectivity index (χ1n) is 3.34. The van der Waals surface area contributed by atoms with Crippen LogP contribution < -0.4 is 5.32 Å². The Kier molecular flexibility index (Phi) is 4.38. The molecule has 0 fully saturated rings. The molecule has 0 saturated carbocycles. The van der Waals surface area contributed by atoms with Crippen LogP contribution in [0.1, 0.15) is 13.8 Å². The Hall–Kier alpha value is -0.980. The van der Waals surface area contributed by atoms with Crippen molar-refractivity contribution in [3.05, 3.63) is 36.6 Å². The van der Waals surface area contributed by atoms with Crippen molar-refractivity contribution in [1.29, 1.82) is 0 Å². The lowest BCUT2D eigenvalue weighted by atomic mass is 10.3. The summed E-state index contributed by atoms with van der Waals surface area (Å²) in [6.07, 6.45) is 3.77. The van der Waals surface area contributed by atoms with Crippen LogP contribution in [0.4, 0.5) is 0 Å². The predicted molar refractivity (Wildman–Crippen MR) is 46.8 cm³/mol. The van der Waals surface area contributed by atoms with Gasteiger partial charge in [-0.25, -0.2) is 0 Å². The molecule has 0 atom stereocenters. The maximum atomic E-state index is 3.72. The van der Waals surface area contributed by atoms with Gasteiger partial charge in [0.2, 0.25) is 0 Å². The lowest BCUT2D eigenvalue weighted by molar-refractivity contribution is 0.874. The molecular formula is C9H15N. The minimum Gasteiger partial charge on any atom is -0.385 e. The van der Waals surface area contributed by atoms with E-state index in [-0.39, 0.29) is 0 Å². The van der Waals surface area contributed by atoms with Gasteiger partial charge in [0.25, 0.3) is 0 Å². The van der Waals surface area contributed by atoms with Crippen molar-refractivity contribution in [2.45, 2.75) is 13.8 Å². The summed E-state index contributed by atoms with van der Waals surface area (Å²) in [5.74, 6) is 0. The molecule has 10 heavy (non-hydrogen) atoms. The SMILES string of the molecule is C=C/C=C(\C)CNC(=C)C. The van der Waals surface area contributed by atoms with Gasteiger partial charge in [0.1, 0.15) is 0 Å². The maximum absolute atomic E-state index is 3.72. The molecule has 0 aromatic heterocycles. The first kappa shape index (κ1) is 9.02. The third-order valence-electron chi connectivity index (χ3n) is 1.07. The summed E-state index contributed by atoms with van der Waals surface area (Å²) in [5, 5.41) is 3.12. The lowest BCUT2D eigenvalue weighted by Crippen LogP contribution is -2.12. The van der Waals surface area contributed by atoms with E-state index in [0.717, 1.165) is 12.2 Å². The molecule has 0 radical (unpaired) electrons. The fourth-order valence-corrected chi connectivity index (χ4v) is 0.550. The molecule has 0 heterocycles. The van der Waals surface area contributed by atoms with Gasteiger partial charge in [0, 0.05) is 12.2 Å². The Morgan fingerprint density at radius 3 is 2.50 bits per heavy atom. The summed E-state index contributed by atoms with van der Waals surface area (Å²) in [7, 11) is 0. The number of hydrogen-bond donors (Lipinski definition) is 1. The second-order valence-corrected chi connectivity index (χ2v) is 2.38. The smallest absolute Gasteiger partial charge is 0.0357 e. The average molecular weight is 137 g/mol. The zero-order valence-corrected chi connectivity index (χ0v) is 6.78. The zero-order valence-electron chi connectivity index (χ0n) is 6.78. The Morgan fingerprint density at radius 1 is 1.50 bits per heavy atom. The second kappa shape index (κ2) is 4.86. The molecule has 56 valence electrons. The van der Waals surface area contributed by atoms with Crippen LogP contribution in [-0.4, -0.2) is 6.54 Å². The van der Waals surface area contributed by atoms with Crippen LogP contribution in [0.15, 0.2) is 36.6 Å². The highest BCUT2D eigenvalue weighted by Gasteiger charge is 1.85. The summed E-state index contributed by atoms with van der Waals surface area (Å²) in [6.45, 7) is 12.2. The van der Waals surface area contributed by atoms with Crippen molar-refractivity contribution in [3.8, 4) is 0 Å². The highest BCUT2D eigenvalue weighted by atomic mass is 14.9. The number of hydrogen-bond acceptors (Lipinski definition) is 1. The molecule has 0 aromatic rings. The van der Waals surface area contributed by atoms with Gasteiger partial charge >= 0.3 is 0 Å². The van der Waals surface area contributed by atoms with Crippen LogP contribution >= 0.6 is 0 Å². The molecule has 0 aromatic carbocycles. The van der Waals surface area contributed by atoms with Crippen LogP contribution in [0.25, 0.3) is 0 Å². The minimum atomic E-state index is 0.862. The van der Waals surface area contributed by atoms with E-state index in [1.165, 1.54) is 5.57 Å². The normalized spacial score (nSPS) is 10.8. The zero-order chi connectivity index (χ0) is 7.98. The number of nitrogens with one attached hydrogen (secondary N) is 1. The molecule has 0 aliphatic heterocycles. The van der Waals surface area contributed by atoms with E-state index < -0.39 is 0 Å². The van der Waals surface area contributed by atoms with Gasteiger partial charge < -0.3 is 5.32 Å². The van der Waals surface area contributed by atoms with Crippen LogP contribution in [0.5, 0.6) is 0 Å². The Labute approximate surface area is 63.1 Å². The van der Waals surface area contributed by atoms with Crippen molar-refractivity contribution in [2.75, 3.05) is 6.54 Å². The van der Waals surface area contributed by atoms with Crippen LogP contribution in [0.2, 0.25) is 0 Å². The summed E-state index contributed by atoms with van der Waals surface area (Å²) in [6, 6.07) is 0. The van der Waals surface area contributed by atoms with Crippen molar-refractivity contribution >= 4 is 0 Å². The van der Waals surface area contributed by atoms with Crippen molar-refractivity contribution in [1.82, 2.24) is 5.32 Å². The first-order chi connectivity index (χ1) is 4.66. The molecule has 0 amide bonds. The quantitative estimate of drug-likeness (QED) is 0.586. The summed E-state index contributed by atoms with van der Waals surface area (Å²) in [5.41, 5.74) is 2.26.